The molecule has 2 nitrogen and oxygen atoms in total. The van der Waals surface area contributed by atoms with Gasteiger partial charge in [-0.2, -0.15) is 0 Å². The van der Waals surface area contributed by atoms with Gasteiger partial charge in [0.05, 0.1) is 6.10 Å². The van der Waals surface area contributed by atoms with Crippen LogP contribution >= 0.6 is 0 Å². The van der Waals surface area contributed by atoms with E-state index >= 15 is 0 Å². The smallest absolute Gasteiger partial charge is 0.124 e. The molecule has 0 aromatic carbocycles. The molecule has 1 aromatic rings. The average molecular weight is 161 g/mol. The Morgan fingerprint density at radius 3 is 2.92 bits per heavy atom. The van der Waals surface area contributed by atoms with Crippen molar-refractivity contribution in [3.8, 4) is 18.1 Å². The molecule has 1 rings (SSSR count). The molecule has 0 amide bonds. The Balaban J connectivity index is 2.81. The lowest BCUT2D eigenvalue weighted by Gasteiger charge is -2.08. The van der Waals surface area contributed by atoms with E-state index in [4.69, 9.17) is 11.2 Å². The summed E-state index contributed by atoms with van der Waals surface area (Å²) in [6, 6.07) is 3.54. The number of pyridine rings is 1. The van der Waals surface area contributed by atoms with Crippen molar-refractivity contribution in [2.24, 2.45) is 0 Å². The Hall–Kier alpha value is -1.49. The second-order valence-corrected chi connectivity index (χ2v) is 2.69. The Bertz CT molecular complexity index is 299. The molecule has 0 aliphatic rings. The molecule has 62 valence electrons. The highest BCUT2D eigenvalue weighted by Gasteiger charge is 1.97. The first kappa shape index (κ1) is 8.61. The molecule has 12 heavy (non-hydrogen) atoms. The van der Waals surface area contributed by atoms with Gasteiger partial charge in [0, 0.05) is 12.3 Å². The number of hydrogen-bond donors (Lipinski definition) is 0. The van der Waals surface area contributed by atoms with Gasteiger partial charge in [-0.15, -0.1) is 6.42 Å². The lowest BCUT2D eigenvalue weighted by atomic mass is 10.3. The normalized spacial score (nSPS) is 9.50. The van der Waals surface area contributed by atoms with Gasteiger partial charge in [-0.1, -0.05) is 5.92 Å². The zero-order valence-electron chi connectivity index (χ0n) is 7.24. The van der Waals surface area contributed by atoms with Crippen LogP contribution in [0.1, 0.15) is 19.5 Å². The summed E-state index contributed by atoms with van der Waals surface area (Å²) >= 11 is 0. The van der Waals surface area contributed by atoms with E-state index in [1.807, 2.05) is 13.8 Å². The molecule has 0 saturated heterocycles. The minimum Gasteiger partial charge on any atom is -0.491 e. The molecule has 0 fully saturated rings. The number of terminal acetylenes is 1. The first-order valence-electron chi connectivity index (χ1n) is 3.81. The Kier molecular flexibility index (Phi) is 2.71. The number of rotatable bonds is 2. The Morgan fingerprint density at radius 2 is 2.33 bits per heavy atom. The first-order valence-corrected chi connectivity index (χ1v) is 3.81. The van der Waals surface area contributed by atoms with Crippen molar-refractivity contribution < 1.29 is 4.74 Å². The number of aromatic nitrogens is 1. The van der Waals surface area contributed by atoms with Gasteiger partial charge < -0.3 is 4.74 Å². The summed E-state index contributed by atoms with van der Waals surface area (Å²) in [5, 5.41) is 0. The van der Waals surface area contributed by atoms with Crippen LogP contribution in [0.4, 0.5) is 0 Å². The number of nitrogens with zero attached hydrogens (tertiary/aromatic N) is 1. The average Bonchev–Trinajstić information content (AvgIpc) is 2.03. The molecule has 0 unspecified atom stereocenters. The summed E-state index contributed by atoms with van der Waals surface area (Å²) in [6.07, 6.45) is 6.99. The predicted molar refractivity (Wildman–Crippen MR) is 47.9 cm³/mol. The van der Waals surface area contributed by atoms with E-state index in [1.54, 1.807) is 18.3 Å². The van der Waals surface area contributed by atoms with Crippen LogP contribution in [-0.2, 0) is 0 Å². The van der Waals surface area contributed by atoms with E-state index in [9.17, 15) is 0 Å². The van der Waals surface area contributed by atoms with Crippen molar-refractivity contribution in [2.45, 2.75) is 20.0 Å². The number of hydrogen-bond acceptors (Lipinski definition) is 2. The van der Waals surface area contributed by atoms with E-state index in [0.29, 0.717) is 5.69 Å². The van der Waals surface area contributed by atoms with E-state index in [2.05, 4.69) is 10.9 Å². The summed E-state index contributed by atoms with van der Waals surface area (Å²) in [4.78, 5) is 3.95. The maximum atomic E-state index is 5.42. The van der Waals surface area contributed by atoms with Crippen molar-refractivity contribution in [1.29, 1.82) is 0 Å². The largest absolute Gasteiger partial charge is 0.491 e. The molecule has 0 aliphatic carbocycles. The van der Waals surface area contributed by atoms with Crippen LogP contribution in [-0.4, -0.2) is 11.1 Å². The van der Waals surface area contributed by atoms with Gasteiger partial charge >= 0.3 is 0 Å². The summed E-state index contributed by atoms with van der Waals surface area (Å²) in [7, 11) is 0. The summed E-state index contributed by atoms with van der Waals surface area (Å²) in [5.41, 5.74) is 0.605. The minimum absolute atomic E-state index is 0.165. The Labute approximate surface area is 72.6 Å². The second kappa shape index (κ2) is 3.77. The van der Waals surface area contributed by atoms with Crippen molar-refractivity contribution in [2.75, 3.05) is 0 Å². The number of ether oxygens (including phenoxy) is 1. The molecule has 0 aliphatic heterocycles. The topological polar surface area (TPSA) is 22.1 Å². The fraction of sp³-hybridized carbons (Fsp3) is 0.300. The van der Waals surface area contributed by atoms with Gasteiger partial charge in [-0.05, 0) is 19.9 Å². The van der Waals surface area contributed by atoms with E-state index in [1.165, 1.54) is 0 Å². The van der Waals surface area contributed by atoms with E-state index < -0.39 is 0 Å². The third kappa shape index (κ3) is 2.28. The molecular weight excluding hydrogens is 150 g/mol. The fourth-order valence-corrected chi connectivity index (χ4v) is 0.836. The molecular formula is C10H11NO. The van der Waals surface area contributed by atoms with Crippen LogP contribution < -0.4 is 4.74 Å². The van der Waals surface area contributed by atoms with Gasteiger partial charge in [-0.3, -0.25) is 0 Å². The predicted octanol–water partition coefficient (Wildman–Crippen LogP) is 1.85. The van der Waals surface area contributed by atoms with Gasteiger partial charge in [0.15, 0.2) is 0 Å². The SMILES string of the molecule is C#Cc1cc(OC(C)C)ccn1. The van der Waals surface area contributed by atoms with Crippen molar-refractivity contribution in [3.05, 3.63) is 24.0 Å². The van der Waals surface area contributed by atoms with Gasteiger partial charge in [0.25, 0.3) is 0 Å². The van der Waals surface area contributed by atoms with Crippen molar-refractivity contribution in [1.82, 2.24) is 4.98 Å². The van der Waals surface area contributed by atoms with Gasteiger partial charge in [-0.25, -0.2) is 4.98 Å². The molecule has 0 spiro atoms. The van der Waals surface area contributed by atoms with Gasteiger partial charge in [0.2, 0.25) is 0 Å². The van der Waals surface area contributed by atoms with Crippen molar-refractivity contribution in [3.63, 3.8) is 0 Å². The minimum atomic E-state index is 0.165. The maximum Gasteiger partial charge on any atom is 0.124 e. The molecule has 0 atom stereocenters. The van der Waals surface area contributed by atoms with Crippen LogP contribution in [0.3, 0.4) is 0 Å². The zero-order chi connectivity index (χ0) is 8.97. The third-order valence-electron chi connectivity index (χ3n) is 1.25. The molecule has 0 bridgehead atoms. The van der Waals surface area contributed by atoms with E-state index in [-0.39, 0.29) is 6.10 Å². The van der Waals surface area contributed by atoms with Crippen LogP contribution in [0.15, 0.2) is 18.3 Å². The fourth-order valence-electron chi connectivity index (χ4n) is 0.836. The molecule has 0 N–H and O–H groups in total. The molecule has 0 saturated carbocycles. The summed E-state index contributed by atoms with van der Waals surface area (Å²) in [5.74, 6) is 3.22. The molecule has 1 heterocycles. The molecule has 0 radical (unpaired) electrons. The van der Waals surface area contributed by atoms with Crippen LogP contribution in [0, 0.1) is 12.3 Å². The van der Waals surface area contributed by atoms with Gasteiger partial charge in [0.1, 0.15) is 11.4 Å². The van der Waals surface area contributed by atoms with E-state index in [0.717, 1.165) is 5.75 Å². The monoisotopic (exact) mass is 161 g/mol. The van der Waals surface area contributed by atoms with Crippen LogP contribution in [0.25, 0.3) is 0 Å². The molecule has 1 aromatic heterocycles. The lowest BCUT2D eigenvalue weighted by Crippen LogP contribution is -2.05. The highest BCUT2D eigenvalue weighted by Crippen LogP contribution is 2.11. The summed E-state index contributed by atoms with van der Waals surface area (Å²) < 4.78 is 5.42. The van der Waals surface area contributed by atoms with Crippen LogP contribution in [0.5, 0.6) is 5.75 Å². The lowest BCUT2D eigenvalue weighted by molar-refractivity contribution is 0.242. The highest BCUT2D eigenvalue weighted by atomic mass is 16.5. The summed E-state index contributed by atoms with van der Waals surface area (Å²) in [6.45, 7) is 3.94. The van der Waals surface area contributed by atoms with Crippen molar-refractivity contribution >= 4 is 0 Å². The quantitative estimate of drug-likeness (QED) is 0.617. The third-order valence-corrected chi connectivity index (χ3v) is 1.25. The maximum absolute atomic E-state index is 5.42. The standard InChI is InChI=1S/C10H11NO/c1-4-9-7-10(5-6-11-9)12-8(2)3/h1,5-8H,2-3H3. The Morgan fingerprint density at radius 1 is 1.58 bits per heavy atom. The second-order valence-electron chi connectivity index (χ2n) is 2.69. The zero-order valence-corrected chi connectivity index (χ0v) is 7.24. The van der Waals surface area contributed by atoms with Crippen LogP contribution in [0.2, 0.25) is 0 Å². The first-order chi connectivity index (χ1) is 5.72. The highest BCUT2D eigenvalue weighted by molar-refractivity contribution is 5.31. The molecule has 2 heteroatoms.